The Morgan fingerprint density at radius 3 is 2.75 bits per heavy atom. The first-order valence-corrected chi connectivity index (χ1v) is 6.94. The van der Waals surface area contributed by atoms with Crippen molar-refractivity contribution in [3.63, 3.8) is 0 Å². The van der Waals surface area contributed by atoms with Crippen molar-refractivity contribution in [1.82, 2.24) is 9.80 Å². The molecule has 0 aromatic carbocycles. The Morgan fingerprint density at radius 2 is 2.00 bits per heavy atom. The molecule has 2 saturated heterocycles. The molecule has 0 amide bonds. The molecule has 0 aliphatic carbocycles. The Bertz CT molecular complexity index is 207. The second-order valence-corrected chi connectivity index (χ2v) is 5.62. The Balaban J connectivity index is 1.69. The summed E-state index contributed by atoms with van der Waals surface area (Å²) in [6.07, 6.45) is 8.07. The topological polar surface area (TPSA) is 32.5 Å². The fourth-order valence-electron chi connectivity index (χ4n) is 3.13. The van der Waals surface area contributed by atoms with Gasteiger partial charge in [-0.3, -0.25) is 0 Å². The maximum atomic E-state index is 6.01. The van der Waals surface area contributed by atoms with Gasteiger partial charge in [0.05, 0.1) is 0 Å². The van der Waals surface area contributed by atoms with Gasteiger partial charge in [0.1, 0.15) is 0 Å². The van der Waals surface area contributed by atoms with Crippen LogP contribution in [0.4, 0.5) is 0 Å². The predicted octanol–water partition coefficient (Wildman–Crippen LogP) is 1.28. The molecule has 16 heavy (non-hydrogen) atoms. The third kappa shape index (κ3) is 3.44. The number of hydrogen-bond donors (Lipinski definition) is 1. The second kappa shape index (κ2) is 5.99. The molecule has 0 bridgehead atoms. The molecule has 0 spiro atoms. The molecule has 2 aliphatic rings. The van der Waals surface area contributed by atoms with Crippen LogP contribution >= 0.6 is 0 Å². The zero-order chi connectivity index (χ0) is 11.4. The summed E-state index contributed by atoms with van der Waals surface area (Å²) < 4.78 is 0. The zero-order valence-corrected chi connectivity index (χ0v) is 10.7. The summed E-state index contributed by atoms with van der Waals surface area (Å²) in [5.74, 6) is 0. The smallest absolute Gasteiger partial charge is 0.0168 e. The van der Waals surface area contributed by atoms with Crippen molar-refractivity contribution < 1.29 is 0 Å². The van der Waals surface area contributed by atoms with Crippen LogP contribution in [-0.2, 0) is 0 Å². The lowest BCUT2D eigenvalue weighted by atomic mass is 9.99. The predicted molar refractivity (Wildman–Crippen MR) is 68.5 cm³/mol. The lowest BCUT2D eigenvalue weighted by molar-refractivity contribution is 0.141. The van der Waals surface area contributed by atoms with Crippen molar-refractivity contribution in [2.24, 2.45) is 5.73 Å². The van der Waals surface area contributed by atoms with E-state index >= 15 is 0 Å². The van der Waals surface area contributed by atoms with Gasteiger partial charge in [-0.25, -0.2) is 0 Å². The Morgan fingerprint density at radius 1 is 1.12 bits per heavy atom. The first-order valence-electron chi connectivity index (χ1n) is 6.94. The van der Waals surface area contributed by atoms with Crippen molar-refractivity contribution in [2.45, 2.75) is 50.6 Å². The molecule has 94 valence electrons. The van der Waals surface area contributed by atoms with Crippen molar-refractivity contribution >= 4 is 0 Å². The first-order chi connectivity index (χ1) is 7.75. The maximum Gasteiger partial charge on any atom is 0.0168 e. The molecule has 0 radical (unpaired) electrons. The van der Waals surface area contributed by atoms with Gasteiger partial charge >= 0.3 is 0 Å². The number of nitrogens with two attached hydrogens (primary N) is 1. The lowest BCUT2D eigenvalue weighted by Gasteiger charge is -2.36. The van der Waals surface area contributed by atoms with Gasteiger partial charge in [-0.05, 0) is 58.8 Å². The highest BCUT2D eigenvalue weighted by molar-refractivity contribution is 4.79. The molecule has 2 rings (SSSR count). The fourth-order valence-corrected chi connectivity index (χ4v) is 3.13. The van der Waals surface area contributed by atoms with Crippen LogP contribution in [-0.4, -0.2) is 55.1 Å². The van der Waals surface area contributed by atoms with Crippen LogP contribution in [0.15, 0.2) is 0 Å². The average molecular weight is 225 g/mol. The van der Waals surface area contributed by atoms with E-state index in [9.17, 15) is 0 Å². The second-order valence-electron chi connectivity index (χ2n) is 5.62. The molecule has 2 N–H and O–H groups in total. The third-order valence-electron chi connectivity index (χ3n) is 4.24. The van der Waals surface area contributed by atoms with Crippen LogP contribution in [0, 0.1) is 0 Å². The van der Waals surface area contributed by atoms with E-state index in [4.69, 9.17) is 5.73 Å². The zero-order valence-electron chi connectivity index (χ0n) is 10.7. The Kier molecular flexibility index (Phi) is 4.62. The molecule has 0 aromatic rings. The highest BCUT2D eigenvalue weighted by Crippen LogP contribution is 2.19. The van der Waals surface area contributed by atoms with Crippen LogP contribution in [0.5, 0.6) is 0 Å². The maximum absolute atomic E-state index is 6.01. The average Bonchev–Trinajstić information content (AvgIpc) is 2.28. The van der Waals surface area contributed by atoms with Crippen molar-refractivity contribution in [1.29, 1.82) is 0 Å². The van der Waals surface area contributed by atoms with E-state index in [0.717, 1.165) is 12.6 Å². The quantitative estimate of drug-likeness (QED) is 0.785. The molecule has 3 heteroatoms. The van der Waals surface area contributed by atoms with Gasteiger partial charge in [-0.1, -0.05) is 6.42 Å². The van der Waals surface area contributed by atoms with E-state index in [1.807, 2.05) is 0 Å². The van der Waals surface area contributed by atoms with Crippen LogP contribution < -0.4 is 5.73 Å². The summed E-state index contributed by atoms with van der Waals surface area (Å²) >= 11 is 0. The summed E-state index contributed by atoms with van der Waals surface area (Å²) in [6.45, 7) is 4.94. The molecule has 2 heterocycles. The molecule has 0 saturated carbocycles. The lowest BCUT2D eigenvalue weighted by Crippen LogP contribution is -2.45. The highest BCUT2D eigenvalue weighted by atomic mass is 15.2. The molecule has 0 aromatic heterocycles. The van der Waals surface area contributed by atoms with Gasteiger partial charge in [-0.15, -0.1) is 0 Å². The van der Waals surface area contributed by atoms with Crippen molar-refractivity contribution in [3.8, 4) is 0 Å². The SMILES string of the molecule is CN1CCCCC1CCN1CCCC(N)C1. The normalized spacial score (nSPS) is 34.1. The van der Waals surface area contributed by atoms with Gasteiger partial charge in [0.15, 0.2) is 0 Å². The van der Waals surface area contributed by atoms with E-state index in [-0.39, 0.29) is 0 Å². The van der Waals surface area contributed by atoms with E-state index in [1.54, 1.807) is 0 Å². The molecular weight excluding hydrogens is 198 g/mol. The van der Waals surface area contributed by atoms with Gasteiger partial charge in [-0.2, -0.15) is 0 Å². The van der Waals surface area contributed by atoms with Gasteiger partial charge in [0.25, 0.3) is 0 Å². The molecular formula is C13H27N3. The molecule has 3 nitrogen and oxygen atoms in total. The standard InChI is InChI=1S/C13H27N3/c1-15-8-3-2-6-13(15)7-10-16-9-4-5-12(14)11-16/h12-13H,2-11,14H2,1H3. The van der Waals surface area contributed by atoms with Crippen molar-refractivity contribution in [3.05, 3.63) is 0 Å². The highest BCUT2D eigenvalue weighted by Gasteiger charge is 2.21. The minimum absolute atomic E-state index is 0.429. The van der Waals surface area contributed by atoms with Crippen LogP contribution in [0.1, 0.15) is 38.5 Å². The summed E-state index contributed by atoms with van der Waals surface area (Å²) in [7, 11) is 2.28. The van der Waals surface area contributed by atoms with E-state index < -0.39 is 0 Å². The number of hydrogen-bond acceptors (Lipinski definition) is 3. The summed E-state index contributed by atoms with van der Waals surface area (Å²) in [6, 6.07) is 1.25. The Hall–Kier alpha value is -0.120. The number of likely N-dealkylation sites (tertiary alicyclic amines) is 2. The summed E-state index contributed by atoms with van der Waals surface area (Å²) in [4.78, 5) is 5.12. The van der Waals surface area contributed by atoms with Gasteiger partial charge < -0.3 is 15.5 Å². The van der Waals surface area contributed by atoms with Gasteiger partial charge in [0.2, 0.25) is 0 Å². The van der Waals surface area contributed by atoms with Crippen molar-refractivity contribution in [2.75, 3.05) is 33.2 Å². The molecule has 2 unspecified atom stereocenters. The molecule has 2 atom stereocenters. The number of piperidine rings is 2. The fraction of sp³-hybridized carbons (Fsp3) is 1.00. The molecule has 2 aliphatic heterocycles. The van der Waals surface area contributed by atoms with Crippen LogP contribution in [0.3, 0.4) is 0 Å². The Labute approximate surface area is 100.0 Å². The summed E-state index contributed by atoms with van der Waals surface area (Å²) in [5.41, 5.74) is 6.01. The minimum Gasteiger partial charge on any atom is -0.327 e. The number of nitrogens with zero attached hydrogens (tertiary/aromatic N) is 2. The van der Waals surface area contributed by atoms with Crippen LogP contribution in [0.2, 0.25) is 0 Å². The molecule has 2 fully saturated rings. The van der Waals surface area contributed by atoms with E-state index in [2.05, 4.69) is 16.8 Å². The van der Waals surface area contributed by atoms with Crippen LogP contribution in [0.25, 0.3) is 0 Å². The van der Waals surface area contributed by atoms with E-state index in [1.165, 1.54) is 58.2 Å². The largest absolute Gasteiger partial charge is 0.327 e. The third-order valence-corrected chi connectivity index (χ3v) is 4.24. The van der Waals surface area contributed by atoms with E-state index in [0.29, 0.717) is 6.04 Å². The minimum atomic E-state index is 0.429. The first kappa shape index (κ1) is 12.3. The number of rotatable bonds is 3. The summed E-state index contributed by atoms with van der Waals surface area (Å²) in [5, 5.41) is 0. The van der Waals surface area contributed by atoms with Gasteiger partial charge in [0, 0.05) is 18.6 Å². The monoisotopic (exact) mass is 225 g/mol.